The molecule has 0 saturated carbocycles. The van der Waals surface area contributed by atoms with Crippen LogP contribution in [0.1, 0.15) is 24.2 Å². The predicted molar refractivity (Wildman–Crippen MR) is 86.5 cm³/mol. The molecule has 1 aromatic carbocycles. The average Bonchev–Trinajstić information content (AvgIpc) is 3.16. The van der Waals surface area contributed by atoms with Crippen molar-refractivity contribution >= 4 is 5.69 Å². The number of imidazole rings is 1. The van der Waals surface area contributed by atoms with Crippen LogP contribution >= 0.6 is 0 Å². The third-order valence-electron chi connectivity index (χ3n) is 4.20. The number of para-hydroxylation sites is 1. The van der Waals surface area contributed by atoms with Gasteiger partial charge in [0.05, 0.1) is 0 Å². The summed E-state index contributed by atoms with van der Waals surface area (Å²) in [4.78, 5) is 6.87. The summed E-state index contributed by atoms with van der Waals surface area (Å²) in [6, 6.07) is 8.77. The van der Waals surface area contributed by atoms with Gasteiger partial charge in [-0.3, -0.25) is 0 Å². The van der Waals surface area contributed by atoms with E-state index < -0.39 is 0 Å². The van der Waals surface area contributed by atoms with Gasteiger partial charge in [0.1, 0.15) is 5.82 Å². The molecule has 1 fully saturated rings. The first-order chi connectivity index (χ1) is 10.3. The fourth-order valence-electron chi connectivity index (χ4n) is 2.99. The molecule has 0 spiro atoms. The highest BCUT2D eigenvalue weighted by atomic mass is 15.1. The minimum atomic E-state index is 0.928. The lowest BCUT2D eigenvalue weighted by Gasteiger charge is -2.21. The van der Waals surface area contributed by atoms with Crippen LogP contribution < -0.4 is 10.2 Å². The number of nitrogens with one attached hydrogen (secondary N) is 1. The van der Waals surface area contributed by atoms with E-state index in [1.54, 1.807) is 0 Å². The van der Waals surface area contributed by atoms with Crippen molar-refractivity contribution in [1.29, 1.82) is 0 Å². The third-order valence-corrected chi connectivity index (χ3v) is 4.20. The summed E-state index contributed by atoms with van der Waals surface area (Å²) in [6.45, 7) is 4.28. The number of hydrogen-bond donors (Lipinski definition) is 1. The monoisotopic (exact) mass is 284 g/mol. The Kier molecular flexibility index (Phi) is 4.55. The van der Waals surface area contributed by atoms with Gasteiger partial charge in [-0.05, 0) is 24.5 Å². The van der Waals surface area contributed by atoms with Gasteiger partial charge in [-0.2, -0.15) is 0 Å². The van der Waals surface area contributed by atoms with Crippen LogP contribution in [0.5, 0.6) is 0 Å². The van der Waals surface area contributed by atoms with Gasteiger partial charge < -0.3 is 14.8 Å². The average molecular weight is 284 g/mol. The van der Waals surface area contributed by atoms with Gasteiger partial charge in [-0.25, -0.2) is 4.98 Å². The molecule has 0 bridgehead atoms. The van der Waals surface area contributed by atoms with E-state index in [9.17, 15) is 0 Å². The second kappa shape index (κ2) is 6.76. The summed E-state index contributed by atoms with van der Waals surface area (Å²) in [5.74, 6) is 1.13. The van der Waals surface area contributed by atoms with E-state index in [4.69, 9.17) is 0 Å². The predicted octanol–water partition coefficient (Wildman–Crippen LogP) is 2.35. The number of aromatic nitrogens is 2. The Morgan fingerprint density at radius 2 is 2.00 bits per heavy atom. The van der Waals surface area contributed by atoms with Crippen molar-refractivity contribution in [3.05, 3.63) is 48.0 Å². The maximum absolute atomic E-state index is 4.36. The van der Waals surface area contributed by atoms with E-state index in [1.807, 2.05) is 19.4 Å². The minimum absolute atomic E-state index is 0.928. The molecule has 2 aromatic rings. The van der Waals surface area contributed by atoms with E-state index in [1.165, 1.54) is 37.2 Å². The second-order valence-electron chi connectivity index (χ2n) is 5.70. The highest BCUT2D eigenvalue weighted by Gasteiger charge is 2.14. The van der Waals surface area contributed by atoms with Gasteiger partial charge in [0.25, 0.3) is 0 Å². The van der Waals surface area contributed by atoms with Crippen molar-refractivity contribution in [2.45, 2.75) is 25.8 Å². The van der Waals surface area contributed by atoms with E-state index in [-0.39, 0.29) is 0 Å². The Hall–Kier alpha value is -1.81. The summed E-state index contributed by atoms with van der Waals surface area (Å²) in [7, 11) is 2.05. The lowest BCUT2D eigenvalue weighted by Crippen LogP contribution is -2.23. The maximum atomic E-state index is 4.36. The van der Waals surface area contributed by atoms with Crippen molar-refractivity contribution in [3.63, 3.8) is 0 Å². The van der Waals surface area contributed by atoms with Crippen LogP contribution in [0.2, 0.25) is 0 Å². The molecule has 0 unspecified atom stereocenters. The molecule has 1 aromatic heterocycles. The molecule has 112 valence electrons. The number of benzene rings is 1. The zero-order valence-corrected chi connectivity index (χ0v) is 12.8. The van der Waals surface area contributed by atoms with Gasteiger partial charge >= 0.3 is 0 Å². The van der Waals surface area contributed by atoms with Crippen LogP contribution in [0.15, 0.2) is 36.7 Å². The Labute approximate surface area is 126 Å². The standard InChI is InChI=1S/C17H24N4/c1-20-13-10-19-17(20)8-9-18-14-15-6-2-3-7-16(15)21-11-4-5-12-21/h2-3,6-7,10,13,18H,4-5,8-9,11-12,14H2,1H3. The molecular weight excluding hydrogens is 260 g/mol. The van der Waals surface area contributed by atoms with Crippen LogP contribution in [0.3, 0.4) is 0 Å². The molecule has 3 rings (SSSR count). The Bertz CT molecular complexity index is 570. The van der Waals surface area contributed by atoms with Gasteiger partial charge in [0.15, 0.2) is 0 Å². The van der Waals surface area contributed by atoms with E-state index in [0.717, 1.165) is 25.3 Å². The zero-order valence-electron chi connectivity index (χ0n) is 12.8. The quantitative estimate of drug-likeness (QED) is 0.827. The molecule has 1 aliphatic heterocycles. The Balaban J connectivity index is 1.54. The zero-order chi connectivity index (χ0) is 14.5. The fraction of sp³-hybridized carbons (Fsp3) is 0.471. The molecule has 21 heavy (non-hydrogen) atoms. The minimum Gasteiger partial charge on any atom is -0.371 e. The van der Waals surface area contributed by atoms with Crippen LogP contribution in [-0.2, 0) is 20.0 Å². The van der Waals surface area contributed by atoms with Crippen molar-refractivity contribution < 1.29 is 0 Å². The number of nitrogens with zero attached hydrogens (tertiary/aromatic N) is 3. The summed E-state index contributed by atoms with van der Waals surface area (Å²) in [5, 5.41) is 3.55. The van der Waals surface area contributed by atoms with Crippen molar-refractivity contribution in [3.8, 4) is 0 Å². The molecule has 4 heteroatoms. The van der Waals surface area contributed by atoms with Crippen molar-refractivity contribution in [2.75, 3.05) is 24.5 Å². The molecule has 4 nitrogen and oxygen atoms in total. The highest BCUT2D eigenvalue weighted by Crippen LogP contribution is 2.24. The number of anilines is 1. The van der Waals surface area contributed by atoms with E-state index in [2.05, 4.69) is 44.0 Å². The van der Waals surface area contributed by atoms with Gasteiger partial charge in [0.2, 0.25) is 0 Å². The summed E-state index contributed by atoms with van der Waals surface area (Å²) >= 11 is 0. The largest absolute Gasteiger partial charge is 0.371 e. The highest BCUT2D eigenvalue weighted by molar-refractivity contribution is 5.54. The molecule has 0 aliphatic carbocycles. The lowest BCUT2D eigenvalue weighted by molar-refractivity contribution is 0.654. The molecule has 0 atom stereocenters. The van der Waals surface area contributed by atoms with Crippen molar-refractivity contribution in [2.24, 2.45) is 7.05 Å². The molecule has 1 N–H and O–H groups in total. The van der Waals surface area contributed by atoms with Crippen LogP contribution in [0.4, 0.5) is 5.69 Å². The summed E-state index contributed by atoms with van der Waals surface area (Å²) < 4.78 is 2.08. The third kappa shape index (κ3) is 3.45. The molecule has 0 radical (unpaired) electrons. The molecule has 1 saturated heterocycles. The first-order valence-corrected chi connectivity index (χ1v) is 7.84. The van der Waals surface area contributed by atoms with E-state index >= 15 is 0 Å². The Morgan fingerprint density at radius 1 is 1.19 bits per heavy atom. The van der Waals surface area contributed by atoms with Crippen LogP contribution in [0.25, 0.3) is 0 Å². The second-order valence-corrected chi connectivity index (χ2v) is 5.70. The molecule has 2 heterocycles. The normalized spacial score (nSPS) is 14.8. The number of aryl methyl sites for hydroxylation is 1. The van der Waals surface area contributed by atoms with Crippen molar-refractivity contribution in [1.82, 2.24) is 14.9 Å². The molecular formula is C17H24N4. The summed E-state index contributed by atoms with van der Waals surface area (Å²) in [6.07, 6.45) is 7.47. The van der Waals surface area contributed by atoms with Crippen LogP contribution in [-0.4, -0.2) is 29.2 Å². The van der Waals surface area contributed by atoms with Gasteiger partial charge in [0, 0.05) is 57.7 Å². The first kappa shape index (κ1) is 14.1. The van der Waals surface area contributed by atoms with Crippen LogP contribution in [0, 0.1) is 0 Å². The Morgan fingerprint density at radius 3 is 2.76 bits per heavy atom. The summed E-state index contributed by atoms with van der Waals surface area (Å²) in [5.41, 5.74) is 2.80. The van der Waals surface area contributed by atoms with E-state index in [0.29, 0.717) is 0 Å². The lowest BCUT2D eigenvalue weighted by atomic mass is 10.1. The number of rotatable bonds is 6. The maximum Gasteiger partial charge on any atom is 0.109 e. The number of hydrogen-bond acceptors (Lipinski definition) is 3. The molecule has 0 amide bonds. The van der Waals surface area contributed by atoms with Gasteiger partial charge in [-0.15, -0.1) is 0 Å². The smallest absolute Gasteiger partial charge is 0.109 e. The van der Waals surface area contributed by atoms with Gasteiger partial charge in [-0.1, -0.05) is 18.2 Å². The molecule has 1 aliphatic rings. The topological polar surface area (TPSA) is 33.1 Å². The SMILES string of the molecule is Cn1ccnc1CCNCc1ccccc1N1CCCC1. The first-order valence-electron chi connectivity index (χ1n) is 7.84. The fourth-order valence-corrected chi connectivity index (χ4v) is 2.99.